The zero-order chi connectivity index (χ0) is 19.0. The van der Waals surface area contributed by atoms with Gasteiger partial charge in [-0.3, -0.25) is 9.69 Å². The number of hydrogen-bond acceptors (Lipinski definition) is 3. The molecule has 0 saturated carbocycles. The number of carbonyl (C=O) groups is 1. The summed E-state index contributed by atoms with van der Waals surface area (Å²) in [4.78, 5) is 13.5. The number of rotatable bonds is 8. The average molecular weight is 366 g/mol. The van der Waals surface area contributed by atoms with E-state index in [1.54, 1.807) is 18.0 Å². The largest absolute Gasteiger partial charge is 0.492 e. The lowest BCUT2D eigenvalue weighted by molar-refractivity contribution is -0.137. The van der Waals surface area contributed by atoms with Gasteiger partial charge < -0.3 is 10.1 Å². The number of amides is 1. The number of carbonyl (C=O) groups excluding carboxylic acids is 1. The number of alkyl halides is 3. The van der Waals surface area contributed by atoms with E-state index >= 15 is 0 Å². The molecule has 0 bridgehead atoms. The Morgan fingerprint density at radius 2 is 1.85 bits per heavy atom. The van der Waals surface area contributed by atoms with Crippen molar-refractivity contribution in [3.8, 4) is 5.75 Å². The summed E-state index contributed by atoms with van der Waals surface area (Å²) in [6.07, 6.45) is -4.37. The molecule has 0 atom stereocenters. The van der Waals surface area contributed by atoms with Crippen LogP contribution in [0.15, 0.2) is 54.6 Å². The van der Waals surface area contributed by atoms with Crippen molar-refractivity contribution in [1.29, 1.82) is 0 Å². The molecule has 2 rings (SSSR count). The molecule has 26 heavy (non-hydrogen) atoms. The molecule has 1 N–H and O–H groups in total. The van der Waals surface area contributed by atoms with Gasteiger partial charge in [0, 0.05) is 6.54 Å². The number of halogens is 3. The van der Waals surface area contributed by atoms with Gasteiger partial charge in [0.25, 0.3) is 0 Å². The van der Waals surface area contributed by atoms with Gasteiger partial charge in [-0.25, -0.2) is 0 Å². The van der Waals surface area contributed by atoms with Crippen molar-refractivity contribution in [2.75, 3.05) is 26.7 Å². The van der Waals surface area contributed by atoms with Gasteiger partial charge in [-0.05, 0) is 30.8 Å². The van der Waals surface area contributed by atoms with E-state index in [2.05, 4.69) is 5.32 Å². The van der Waals surface area contributed by atoms with Crippen LogP contribution in [-0.2, 0) is 17.5 Å². The summed E-state index contributed by atoms with van der Waals surface area (Å²) < 4.78 is 43.6. The van der Waals surface area contributed by atoms with Crippen LogP contribution < -0.4 is 10.1 Å². The first-order valence-corrected chi connectivity index (χ1v) is 8.14. The standard InChI is InChI=1S/C19H21F3N2O2/c1-24(13-15-6-5-7-16(12-15)19(20,21)22)14-18(25)23-10-11-26-17-8-3-2-4-9-17/h2-9,12H,10-11,13-14H2,1H3,(H,23,25). The van der Waals surface area contributed by atoms with Gasteiger partial charge in [-0.1, -0.05) is 36.4 Å². The smallest absolute Gasteiger partial charge is 0.416 e. The Kier molecular flexibility index (Phi) is 7.03. The van der Waals surface area contributed by atoms with Gasteiger partial charge in [0.2, 0.25) is 5.91 Å². The molecule has 0 fully saturated rings. The number of benzene rings is 2. The highest BCUT2D eigenvalue weighted by molar-refractivity contribution is 5.77. The topological polar surface area (TPSA) is 41.6 Å². The lowest BCUT2D eigenvalue weighted by Gasteiger charge is -2.17. The zero-order valence-corrected chi connectivity index (χ0v) is 14.4. The molecule has 0 aliphatic heterocycles. The summed E-state index contributed by atoms with van der Waals surface area (Å²) in [5.41, 5.74) is -0.187. The van der Waals surface area contributed by atoms with Gasteiger partial charge in [-0.15, -0.1) is 0 Å². The number of likely N-dealkylation sites (N-methyl/N-ethyl adjacent to an activating group) is 1. The normalized spacial score (nSPS) is 11.4. The van der Waals surface area contributed by atoms with Crippen LogP contribution in [0.1, 0.15) is 11.1 Å². The van der Waals surface area contributed by atoms with Gasteiger partial charge in [0.05, 0.1) is 18.7 Å². The van der Waals surface area contributed by atoms with Crippen molar-refractivity contribution < 1.29 is 22.7 Å². The summed E-state index contributed by atoms with van der Waals surface area (Å²) in [7, 11) is 1.68. The second-order valence-electron chi connectivity index (χ2n) is 5.88. The van der Waals surface area contributed by atoms with E-state index in [9.17, 15) is 18.0 Å². The first-order chi connectivity index (χ1) is 12.3. The summed E-state index contributed by atoms with van der Waals surface area (Å²) in [6, 6.07) is 14.4. The van der Waals surface area contributed by atoms with Crippen molar-refractivity contribution in [3.63, 3.8) is 0 Å². The van der Waals surface area contributed by atoms with Crippen LogP contribution in [-0.4, -0.2) is 37.6 Å². The Balaban J connectivity index is 1.72. The minimum absolute atomic E-state index is 0.0849. The summed E-state index contributed by atoms with van der Waals surface area (Å²) >= 11 is 0. The third-order valence-corrected chi connectivity index (χ3v) is 3.56. The molecule has 0 heterocycles. The molecule has 4 nitrogen and oxygen atoms in total. The lowest BCUT2D eigenvalue weighted by Crippen LogP contribution is -2.36. The molecule has 0 spiro atoms. The van der Waals surface area contributed by atoms with Gasteiger partial charge in [-0.2, -0.15) is 13.2 Å². The third-order valence-electron chi connectivity index (χ3n) is 3.56. The molecule has 0 radical (unpaired) electrons. The summed E-state index contributed by atoms with van der Waals surface area (Å²) in [6.45, 7) is 1.03. The van der Waals surface area contributed by atoms with Crippen molar-refractivity contribution in [1.82, 2.24) is 10.2 Å². The molecule has 0 unspecified atom stereocenters. The van der Waals surface area contributed by atoms with Crippen molar-refractivity contribution in [3.05, 3.63) is 65.7 Å². The molecular weight excluding hydrogens is 345 g/mol. The van der Waals surface area contributed by atoms with E-state index in [-0.39, 0.29) is 19.0 Å². The second-order valence-corrected chi connectivity index (χ2v) is 5.88. The highest BCUT2D eigenvalue weighted by Crippen LogP contribution is 2.29. The minimum atomic E-state index is -4.37. The maximum Gasteiger partial charge on any atom is 0.416 e. The van der Waals surface area contributed by atoms with Crippen LogP contribution in [0.5, 0.6) is 5.75 Å². The van der Waals surface area contributed by atoms with E-state index in [0.717, 1.165) is 17.9 Å². The van der Waals surface area contributed by atoms with E-state index in [1.807, 2.05) is 30.3 Å². The highest BCUT2D eigenvalue weighted by Gasteiger charge is 2.30. The maximum atomic E-state index is 12.7. The molecule has 2 aromatic rings. The fourth-order valence-electron chi connectivity index (χ4n) is 2.39. The highest BCUT2D eigenvalue weighted by atomic mass is 19.4. The first kappa shape index (κ1) is 19.8. The Morgan fingerprint density at radius 1 is 1.12 bits per heavy atom. The van der Waals surface area contributed by atoms with Crippen LogP contribution >= 0.6 is 0 Å². The molecule has 0 aromatic heterocycles. The first-order valence-electron chi connectivity index (χ1n) is 8.14. The quantitative estimate of drug-likeness (QED) is 0.729. The Labute approximate surface area is 150 Å². The zero-order valence-electron chi connectivity index (χ0n) is 14.4. The molecular formula is C19H21F3N2O2. The van der Waals surface area contributed by atoms with Crippen LogP contribution in [0.4, 0.5) is 13.2 Å². The predicted molar refractivity (Wildman–Crippen MR) is 92.7 cm³/mol. The Bertz CT molecular complexity index is 705. The summed E-state index contributed by atoms with van der Waals surface area (Å²) in [5.74, 6) is 0.513. The Hall–Kier alpha value is -2.54. The van der Waals surface area contributed by atoms with E-state index in [1.165, 1.54) is 6.07 Å². The minimum Gasteiger partial charge on any atom is -0.492 e. The molecule has 1 amide bonds. The van der Waals surface area contributed by atoms with E-state index in [0.29, 0.717) is 18.7 Å². The van der Waals surface area contributed by atoms with Crippen molar-refractivity contribution >= 4 is 5.91 Å². The molecule has 2 aromatic carbocycles. The van der Waals surface area contributed by atoms with Gasteiger partial charge in [0.15, 0.2) is 0 Å². The van der Waals surface area contributed by atoms with Crippen LogP contribution in [0, 0.1) is 0 Å². The van der Waals surface area contributed by atoms with Crippen LogP contribution in [0.25, 0.3) is 0 Å². The molecule has 7 heteroatoms. The number of para-hydroxylation sites is 1. The van der Waals surface area contributed by atoms with Gasteiger partial charge >= 0.3 is 6.18 Å². The van der Waals surface area contributed by atoms with Crippen molar-refractivity contribution in [2.45, 2.75) is 12.7 Å². The number of hydrogen-bond donors (Lipinski definition) is 1. The number of nitrogens with one attached hydrogen (secondary N) is 1. The molecule has 0 aliphatic carbocycles. The van der Waals surface area contributed by atoms with Crippen LogP contribution in [0.3, 0.4) is 0 Å². The fourth-order valence-corrected chi connectivity index (χ4v) is 2.39. The van der Waals surface area contributed by atoms with Gasteiger partial charge in [0.1, 0.15) is 12.4 Å². The predicted octanol–water partition coefficient (Wildman–Crippen LogP) is 3.33. The SMILES string of the molecule is CN(CC(=O)NCCOc1ccccc1)Cc1cccc(C(F)(F)F)c1. The monoisotopic (exact) mass is 366 g/mol. The average Bonchev–Trinajstić information content (AvgIpc) is 2.59. The van der Waals surface area contributed by atoms with Crippen molar-refractivity contribution in [2.24, 2.45) is 0 Å². The second kappa shape index (κ2) is 9.24. The maximum absolute atomic E-state index is 12.7. The fraction of sp³-hybridized carbons (Fsp3) is 0.316. The molecule has 0 saturated heterocycles. The number of nitrogens with zero attached hydrogens (tertiary/aromatic N) is 1. The molecule has 0 aliphatic rings. The van der Waals surface area contributed by atoms with E-state index < -0.39 is 11.7 Å². The van der Waals surface area contributed by atoms with E-state index in [4.69, 9.17) is 4.74 Å². The lowest BCUT2D eigenvalue weighted by atomic mass is 10.1. The number of ether oxygens (including phenoxy) is 1. The van der Waals surface area contributed by atoms with Crippen LogP contribution in [0.2, 0.25) is 0 Å². The summed E-state index contributed by atoms with van der Waals surface area (Å²) in [5, 5.41) is 2.72. The third kappa shape index (κ3) is 6.76. The molecule has 140 valence electrons. The Morgan fingerprint density at radius 3 is 2.54 bits per heavy atom.